The van der Waals surface area contributed by atoms with Crippen LogP contribution in [0.2, 0.25) is 0 Å². The zero-order chi connectivity index (χ0) is 17.5. The third kappa shape index (κ3) is 7.46. The lowest BCUT2D eigenvalue weighted by Crippen LogP contribution is -2.44. The molecule has 2 N–H and O–H groups in total. The average molecular weight is 324 g/mol. The van der Waals surface area contributed by atoms with Gasteiger partial charge in [-0.1, -0.05) is 26.0 Å². The average Bonchev–Trinajstić information content (AvgIpc) is 2.46. The van der Waals surface area contributed by atoms with E-state index in [9.17, 15) is 9.18 Å². The minimum atomic E-state index is -0.504. The molecule has 0 aliphatic heterocycles. The lowest BCUT2D eigenvalue weighted by atomic mass is 10.0. The molecule has 0 aliphatic rings. The lowest BCUT2D eigenvalue weighted by molar-refractivity contribution is 0.0502. The highest BCUT2D eigenvalue weighted by molar-refractivity contribution is 5.68. The van der Waals surface area contributed by atoms with Crippen LogP contribution >= 0.6 is 0 Å². The molecule has 1 amide bonds. The van der Waals surface area contributed by atoms with Crippen molar-refractivity contribution in [1.82, 2.24) is 10.6 Å². The van der Waals surface area contributed by atoms with Gasteiger partial charge in [-0.25, -0.2) is 9.18 Å². The molecule has 2 atom stereocenters. The molecule has 23 heavy (non-hydrogen) atoms. The smallest absolute Gasteiger partial charge is 0.407 e. The van der Waals surface area contributed by atoms with Crippen molar-refractivity contribution >= 4 is 6.09 Å². The van der Waals surface area contributed by atoms with Gasteiger partial charge in [0.25, 0.3) is 0 Å². The lowest BCUT2D eigenvalue weighted by Gasteiger charge is -2.25. The normalized spacial score (nSPS) is 14.2. The topological polar surface area (TPSA) is 50.4 Å². The third-order valence-corrected chi connectivity index (χ3v) is 3.50. The number of benzene rings is 1. The van der Waals surface area contributed by atoms with E-state index in [1.807, 2.05) is 27.7 Å². The van der Waals surface area contributed by atoms with Crippen LogP contribution in [-0.4, -0.2) is 24.3 Å². The zero-order valence-electron chi connectivity index (χ0n) is 14.8. The molecule has 0 spiro atoms. The van der Waals surface area contributed by atoms with E-state index in [1.165, 1.54) is 12.1 Å². The summed E-state index contributed by atoms with van der Waals surface area (Å²) in [5.41, 5.74) is 0.539. The Labute approximate surface area is 138 Å². The molecule has 0 fully saturated rings. The van der Waals surface area contributed by atoms with Crippen LogP contribution in [0.25, 0.3) is 0 Å². The van der Waals surface area contributed by atoms with Crippen molar-refractivity contribution in [3.8, 4) is 0 Å². The molecule has 0 bridgehead atoms. The summed E-state index contributed by atoms with van der Waals surface area (Å²) in [4.78, 5) is 11.8. The first-order valence-electron chi connectivity index (χ1n) is 8.23. The number of ether oxygens (including phenoxy) is 1. The maximum atomic E-state index is 13.0. The number of hydrogen-bond donors (Lipinski definition) is 2. The van der Waals surface area contributed by atoms with Crippen LogP contribution in [-0.2, 0) is 4.74 Å². The molecule has 0 saturated heterocycles. The predicted octanol–water partition coefficient (Wildman–Crippen LogP) is 4.17. The van der Waals surface area contributed by atoms with Crippen LogP contribution < -0.4 is 10.6 Å². The maximum Gasteiger partial charge on any atom is 0.407 e. The minimum absolute atomic E-state index is 0.0145. The van der Waals surface area contributed by atoms with E-state index < -0.39 is 11.7 Å². The second-order valence-corrected chi connectivity index (χ2v) is 6.67. The van der Waals surface area contributed by atoms with Crippen LogP contribution in [0.5, 0.6) is 0 Å². The number of nitrogens with one attached hydrogen (secondary N) is 2. The molecule has 5 heteroatoms. The molecule has 1 aromatic rings. The van der Waals surface area contributed by atoms with Crippen molar-refractivity contribution in [2.24, 2.45) is 0 Å². The molecule has 2 unspecified atom stereocenters. The Morgan fingerprint density at radius 3 is 2.26 bits per heavy atom. The van der Waals surface area contributed by atoms with Crippen LogP contribution in [0, 0.1) is 5.82 Å². The van der Waals surface area contributed by atoms with E-state index in [4.69, 9.17) is 4.74 Å². The van der Waals surface area contributed by atoms with Gasteiger partial charge in [0.15, 0.2) is 0 Å². The molecular weight excluding hydrogens is 295 g/mol. The number of halogens is 1. The molecular formula is C18H29FN2O2. The largest absolute Gasteiger partial charge is 0.444 e. The second kappa shape index (κ2) is 8.87. The zero-order valence-corrected chi connectivity index (χ0v) is 14.8. The molecule has 0 aliphatic carbocycles. The van der Waals surface area contributed by atoms with Gasteiger partial charge in [0.05, 0.1) is 0 Å². The SMILES string of the molecule is CCC(CNC(CC)c1ccc(F)cc1)NC(=O)OC(C)(C)C. The van der Waals surface area contributed by atoms with Crippen molar-refractivity contribution in [3.05, 3.63) is 35.6 Å². The van der Waals surface area contributed by atoms with Crippen molar-refractivity contribution in [3.63, 3.8) is 0 Å². The molecule has 0 heterocycles. The van der Waals surface area contributed by atoms with Crippen LogP contribution in [0.3, 0.4) is 0 Å². The van der Waals surface area contributed by atoms with E-state index in [-0.39, 0.29) is 17.9 Å². The number of carbonyl (C=O) groups excluding carboxylic acids is 1. The Hall–Kier alpha value is -1.62. The van der Waals surface area contributed by atoms with Gasteiger partial charge in [-0.05, 0) is 51.3 Å². The van der Waals surface area contributed by atoms with Gasteiger partial charge in [0.2, 0.25) is 0 Å². The number of amides is 1. The van der Waals surface area contributed by atoms with Gasteiger partial charge in [0.1, 0.15) is 11.4 Å². The van der Waals surface area contributed by atoms with Crippen molar-refractivity contribution in [1.29, 1.82) is 0 Å². The Balaban J connectivity index is 2.54. The second-order valence-electron chi connectivity index (χ2n) is 6.67. The number of hydrogen-bond acceptors (Lipinski definition) is 3. The summed E-state index contributed by atoms with van der Waals surface area (Å²) in [5.74, 6) is -0.235. The van der Waals surface area contributed by atoms with Gasteiger partial charge in [-0.15, -0.1) is 0 Å². The van der Waals surface area contributed by atoms with Gasteiger partial charge in [-0.2, -0.15) is 0 Å². The first-order chi connectivity index (χ1) is 10.7. The van der Waals surface area contributed by atoms with Crippen LogP contribution in [0.1, 0.15) is 59.1 Å². The Bertz CT molecular complexity index is 483. The molecule has 4 nitrogen and oxygen atoms in total. The Kier molecular flexibility index (Phi) is 7.49. The number of alkyl carbamates (subject to hydrolysis) is 1. The summed E-state index contributed by atoms with van der Waals surface area (Å²) in [6.45, 7) is 10.2. The van der Waals surface area contributed by atoms with Crippen molar-refractivity contribution in [2.75, 3.05) is 6.54 Å². The summed E-state index contributed by atoms with van der Waals surface area (Å²) >= 11 is 0. The first kappa shape index (κ1) is 19.4. The quantitative estimate of drug-likeness (QED) is 0.791. The molecule has 1 rings (SSSR count). The summed E-state index contributed by atoms with van der Waals surface area (Å²) in [6, 6.07) is 6.63. The first-order valence-corrected chi connectivity index (χ1v) is 8.23. The fourth-order valence-corrected chi connectivity index (χ4v) is 2.25. The fourth-order valence-electron chi connectivity index (χ4n) is 2.25. The highest BCUT2D eigenvalue weighted by atomic mass is 19.1. The number of rotatable bonds is 7. The standard InChI is InChI=1S/C18H29FN2O2/c1-6-15(21-17(22)23-18(3,4)5)12-20-16(7-2)13-8-10-14(19)11-9-13/h8-11,15-16,20H,6-7,12H2,1-5H3,(H,21,22). The fraction of sp³-hybridized carbons (Fsp3) is 0.611. The maximum absolute atomic E-state index is 13.0. The summed E-state index contributed by atoms with van der Waals surface area (Å²) in [5, 5.41) is 6.31. The van der Waals surface area contributed by atoms with Gasteiger partial charge >= 0.3 is 6.09 Å². The molecule has 1 aromatic carbocycles. The Morgan fingerprint density at radius 1 is 1.17 bits per heavy atom. The van der Waals surface area contributed by atoms with E-state index >= 15 is 0 Å². The molecule has 0 aromatic heterocycles. The molecule has 0 radical (unpaired) electrons. The van der Waals surface area contributed by atoms with Gasteiger partial charge in [-0.3, -0.25) is 0 Å². The summed E-state index contributed by atoms with van der Waals surface area (Å²) < 4.78 is 18.3. The predicted molar refractivity (Wildman–Crippen MR) is 90.9 cm³/mol. The van der Waals surface area contributed by atoms with Crippen LogP contribution in [0.4, 0.5) is 9.18 Å². The summed E-state index contributed by atoms with van der Waals surface area (Å²) in [7, 11) is 0. The number of carbonyl (C=O) groups is 1. The van der Waals surface area contributed by atoms with E-state index in [2.05, 4.69) is 17.6 Å². The highest BCUT2D eigenvalue weighted by Crippen LogP contribution is 2.17. The molecule has 130 valence electrons. The van der Waals surface area contributed by atoms with E-state index in [1.54, 1.807) is 12.1 Å². The minimum Gasteiger partial charge on any atom is -0.444 e. The van der Waals surface area contributed by atoms with Gasteiger partial charge in [0, 0.05) is 18.6 Å². The van der Waals surface area contributed by atoms with E-state index in [0.29, 0.717) is 6.54 Å². The molecule has 0 saturated carbocycles. The van der Waals surface area contributed by atoms with Crippen molar-refractivity contribution in [2.45, 2.75) is 65.1 Å². The summed E-state index contributed by atoms with van der Waals surface area (Å²) in [6.07, 6.45) is 1.28. The van der Waals surface area contributed by atoms with E-state index in [0.717, 1.165) is 18.4 Å². The van der Waals surface area contributed by atoms with Crippen molar-refractivity contribution < 1.29 is 13.9 Å². The van der Waals surface area contributed by atoms with Gasteiger partial charge < -0.3 is 15.4 Å². The Morgan fingerprint density at radius 2 is 1.78 bits per heavy atom. The monoisotopic (exact) mass is 324 g/mol. The third-order valence-electron chi connectivity index (χ3n) is 3.50. The van der Waals surface area contributed by atoms with Crippen LogP contribution in [0.15, 0.2) is 24.3 Å². The highest BCUT2D eigenvalue weighted by Gasteiger charge is 2.19.